The second-order valence-corrected chi connectivity index (χ2v) is 9.42. The van der Waals surface area contributed by atoms with Gasteiger partial charge in [0.25, 0.3) is 0 Å². The summed E-state index contributed by atoms with van der Waals surface area (Å²) in [5.41, 5.74) is 1.85. The number of carboxylic acid groups (broad SMARTS) is 1. The number of nitrogens with one attached hydrogen (secondary N) is 1. The molecule has 0 bridgehead atoms. The summed E-state index contributed by atoms with van der Waals surface area (Å²) in [7, 11) is -4.32. The normalized spacial score (nSPS) is 11.0. The van der Waals surface area contributed by atoms with Gasteiger partial charge in [0.05, 0.1) is 11.3 Å². The minimum Gasteiger partial charge on any atom is -0.489 e. The lowest BCUT2D eigenvalue weighted by molar-refractivity contribution is 0.0696. The molecule has 0 fully saturated rings. The number of carbonyl (C=O) groups is 1. The molecule has 0 saturated heterocycles. The van der Waals surface area contributed by atoms with Gasteiger partial charge in [-0.25, -0.2) is 18.4 Å². The molecule has 0 radical (unpaired) electrons. The molecule has 8 nitrogen and oxygen atoms in total. The third-order valence-corrected chi connectivity index (χ3v) is 6.14. The van der Waals surface area contributed by atoms with Crippen LogP contribution in [0.25, 0.3) is 0 Å². The van der Waals surface area contributed by atoms with Gasteiger partial charge in [-0.05, 0) is 47.5 Å². The first-order valence-corrected chi connectivity index (χ1v) is 12.5. The minimum atomic E-state index is -4.32. The molecule has 0 aliphatic rings. The van der Waals surface area contributed by atoms with Gasteiger partial charge in [0.2, 0.25) is 10.0 Å². The van der Waals surface area contributed by atoms with Crippen molar-refractivity contribution in [2.24, 2.45) is 5.14 Å². The summed E-state index contributed by atoms with van der Waals surface area (Å²) in [6.07, 6.45) is 0. The molecule has 184 valence electrons. The molecule has 0 heterocycles. The standard InChI is InChI=1S/C27H24N2O6S/c28-36(32,33)25-16-21(27(30)31)15-24(29-17-19-7-3-1-4-8-19)26(25)35-23-13-11-22(12-14-23)34-18-20-9-5-2-6-10-20/h1-16,29H,17-18H2,(H,30,31)(H2,28,32,33). The van der Waals surface area contributed by atoms with E-state index >= 15 is 0 Å². The number of ether oxygens (including phenoxy) is 2. The Bertz CT molecular complexity index is 1440. The molecule has 36 heavy (non-hydrogen) atoms. The van der Waals surface area contributed by atoms with Crippen molar-refractivity contribution in [3.63, 3.8) is 0 Å². The number of benzene rings is 4. The van der Waals surface area contributed by atoms with Crippen LogP contribution >= 0.6 is 0 Å². The molecular formula is C27H24N2O6S. The van der Waals surface area contributed by atoms with Crippen LogP contribution in [0.4, 0.5) is 5.69 Å². The van der Waals surface area contributed by atoms with Gasteiger partial charge in [-0.1, -0.05) is 60.7 Å². The highest BCUT2D eigenvalue weighted by atomic mass is 32.2. The van der Waals surface area contributed by atoms with E-state index in [4.69, 9.17) is 14.6 Å². The topological polar surface area (TPSA) is 128 Å². The molecule has 0 aliphatic heterocycles. The van der Waals surface area contributed by atoms with E-state index in [1.165, 1.54) is 6.07 Å². The number of sulfonamides is 1. The highest BCUT2D eigenvalue weighted by molar-refractivity contribution is 7.89. The van der Waals surface area contributed by atoms with Crippen LogP contribution in [0, 0.1) is 0 Å². The summed E-state index contributed by atoms with van der Waals surface area (Å²) in [6, 6.07) is 28.0. The van der Waals surface area contributed by atoms with Crippen LogP contribution in [0.15, 0.2) is 102 Å². The average Bonchev–Trinajstić information content (AvgIpc) is 2.88. The Morgan fingerprint density at radius 2 is 1.42 bits per heavy atom. The second kappa shape index (κ2) is 10.9. The summed E-state index contributed by atoms with van der Waals surface area (Å²) in [5.74, 6) is -0.482. The van der Waals surface area contributed by atoms with Gasteiger partial charge in [0.1, 0.15) is 23.0 Å². The largest absolute Gasteiger partial charge is 0.489 e. The Kier molecular flexibility index (Phi) is 7.53. The van der Waals surface area contributed by atoms with Crippen LogP contribution in [-0.2, 0) is 23.2 Å². The van der Waals surface area contributed by atoms with E-state index in [1.807, 2.05) is 60.7 Å². The number of nitrogens with two attached hydrogens (primary N) is 1. The van der Waals surface area contributed by atoms with E-state index in [9.17, 15) is 18.3 Å². The van der Waals surface area contributed by atoms with Gasteiger partial charge in [0.15, 0.2) is 5.75 Å². The van der Waals surface area contributed by atoms with Crippen molar-refractivity contribution in [1.29, 1.82) is 0 Å². The third-order valence-electron chi connectivity index (χ3n) is 5.23. The molecule has 4 aromatic rings. The fourth-order valence-corrected chi connectivity index (χ4v) is 4.13. The minimum absolute atomic E-state index is 0.101. The SMILES string of the molecule is NS(=O)(=O)c1cc(C(=O)O)cc(NCc2ccccc2)c1Oc1ccc(OCc2ccccc2)cc1. The Hall–Kier alpha value is -4.34. The molecule has 9 heteroatoms. The molecule has 0 amide bonds. The lowest BCUT2D eigenvalue weighted by Gasteiger charge is -2.17. The van der Waals surface area contributed by atoms with Crippen molar-refractivity contribution >= 4 is 21.7 Å². The van der Waals surface area contributed by atoms with Gasteiger partial charge >= 0.3 is 5.97 Å². The Labute approximate surface area is 209 Å². The molecule has 0 spiro atoms. The summed E-state index contributed by atoms with van der Waals surface area (Å²) in [4.78, 5) is 11.2. The molecule has 0 unspecified atom stereocenters. The number of hydrogen-bond donors (Lipinski definition) is 3. The number of primary sulfonamides is 1. The number of hydrogen-bond acceptors (Lipinski definition) is 6. The molecule has 0 aliphatic carbocycles. The first-order valence-electron chi connectivity index (χ1n) is 11.0. The average molecular weight is 505 g/mol. The second-order valence-electron chi connectivity index (χ2n) is 7.89. The van der Waals surface area contributed by atoms with Gasteiger partial charge in [-0.15, -0.1) is 0 Å². The highest BCUT2D eigenvalue weighted by Gasteiger charge is 2.23. The number of rotatable bonds is 10. The van der Waals surface area contributed by atoms with Crippen molar-refractivity contribution in [2.75, 3.05) is 5.32 Å². The number of aromatic carboxylic acids is 1. The summed E-state index contributed by atoms with van der Waals surface area (Å²) < 4.78 is 36.5. The quantitative estimate of drug-likeness (QED) is 0.277. The van der Waals surface area contributed by atoms with Crippen LogP contribution in [0.1, 0.15) is 21.5 Å². The molecule has 0 aromatic heterocycles. The van der Waals surface area contributed by atoms with Crippen molar-refractivity contribution in [1.82, 2.24) is 0 Å². The van der Waals surface area contributed by atoms with Crippen molar-refractivity contribution in [2.45, 2.75) is 18.0 Å². The van der Waals surface area contributed by atoms with Crippen LogP contribution in [0.5, 0.6) is 17.2 Å². The third kappa shape index (κ3) is 6.41. The fraction of sp³-hybridized carbons (Fsp3) is 0.0741. The zero-order valence-corrected chi connectivity index (χ0v) is 19.9. The van der Waals surface area contributed by atoms with Crippen molar-refractivity contribution < 1.29 is 27.8 Å². The van der Waals surface area contributed by atoms with Crippen LogP contribution < -0.4 is 19.9 Å². The van der Waals surface area contributed by atoms with E-state index in [1.54, 1.807) is 24.3 Å². The van der Waals surface area contributed by atoms with Crippen molar-refractivity contribution in [3.05, 3.63) is 114 Å². The highest BCUT2D eigenvalue weighted by Crippen LogP contribution is 2.38. The molecule has 4 rings (SSSR count). The number of anilines is 1. The Morgan fingerprint density at radius 1 is 0.833 bits per heavy atom. The molecule has 4 aromatic carbocycles. The lowest BCUT2D eigenvalue weighted by Crippen LogP contribution is -2.16. The smallest absolute Gasteiger partial charge is 0.335 e. The fourth-order valence-electron chi connectivity index (χ4n) is 3.43. The zero-order chi connectivity index (χ0) is 25.5. The van der Waals surface area contributed by atoms with Crippen LogP contribution in [0.2, 0.25) is 0 Å². The first-order chi connectivity index (χ1) is 17.3. The zero-order valence-electron chi connectivity index (χ0n) is 19.1. The molecule has 0 atom stereocenters. The summed E-state index contributed by atoms with van der Waals surface area (Å²) >= 11 is 0. The maximum atomic E-state index is 12.4. The lowest BCUT2D eigenvalue weighted by atomic mass is 10.1. The first kappa shape index (κ1) is 24.8. The van der Waals surface area contributed by atoms with Crippen LogP contribution in [0.3, 0.4) is 0 Å². The van der Waals surface area contributed by atoms with Crippen molar-refractivity contribution in [3.8, 4) is 17.2 Å². The van der Waals surface area contributed by atoms with Gasteiger partial charge in [-0.3, -0.25) is 0 Å². The molecular weight excluding hydrogens is 480 g/mol. The molecule has 0 saturated carbocycles. The van der Waals surface area contributed by atoms with Gasteiger partial charge in [0, 0.05) is 6.54 Å². The van der Waals surface area contributed by atoms with Gasteiger partial charge in [-0.2, -0.15) is 0 Å². The molecule has 4 N–H and O–H groups in total. The van der Waals surface area contributed by atoms with Gasteiger partial charge < -0.3 is 19.9 Å². The monoisotopic (exact) mass is 504 g/mol. The maximum absolute atomic E-state index is 12.4. The van der Waals surface area contributed by atoms with E-state index in [-0.39, 0.29) is 17.0 Å². The van der Waals surface area contributed by atoms with E-state index in [0.717, 1.165) is 17.2 Å². The summed E-state index contributed by atoms with van der Waals surface area (Å²) in [6.45, 7) is 0.692. The van der Waals surface area contributed by atoms with E-state index in [0.29, 0.717) is 24.7 Å². The Morgan fingerprint density at radius 3 is 2.00 bits per heavy atom. The number of carboxylic acids is 1. The van der Waals surface area contributed by atoms with Crippen LogP contribution in [-0.4, -0.2) is 19.5 Å². The Balaban J connectivity index is 1.62. The van der Waals surface area contributed by atoms with E-state index in [2.05, 4.69) is 5.32 Å². The summed E-state index contributed by atoms with van der Waals surface area (Å²) in [5, 5.41) is 18.0. The predicted octanol–water partition coefficient (Wildman–Crippen LogP) is 5.02. The predicted molar refractivity (Wildman–Crippen MR) is 136 cm³/mol. The maximum Gasteiger partial charge on any atom is 0.335 e. The van der Waals surface area contributed by atoms with E-state index < -0.39 is 20.9 Å².